The van der Waals surface area contributed by atoms with Gasteiger partial charge in [0.15, 0.2) is 12.4 Å². The van der Waals surface area contributed by atoms with Gasteiger partial charge in [0.2, 0.25) is 0 Å². The highest BCUT2D eigenvalue weighted by Crippen LogP contribution is 2.19. The average Bonchev–Trinajstić information content (AvgIpc) is 3.56. The topological polar surface area (TPSA) is 111 Å². The summed E-state index contributed by atoms with van der Waals surface area (Å²) in [6, 6.07) is 0. The minimum Gasteiger partial charge on any atom is -0.545 e. The molecular formula is C78H141NO8. The first-order valence-corrected chi connectivity index (χ1v) is 37.1. The van der Waals surface area contributed by atoms with E-state index < -0.39 is 24.3 Å². The lowest BCUT2D eigenvalue weighted by Gasteiger charge is -2.26. The highest BCUT2D eigenvalue weighted by atomic mass is 16.7. The fourth-order valence-electron chi connectivity index (χ4n) is 10.8. The van der Waals surface area contributed by atoms with Crippen molar-refractivity contribution in [2.24, 2.45) is 0 Å². The van der Waals surface area contributed by atoms with Gasteiger partial charge in [-0.15, -0.1) is 0 Å². The molecule has 0 aliphatic heterocycles. The molecule has 0 radical (unpaired) electrons. The van der Waals surface area contributed by atoms with Crippen LogP contribution in [0.2, 0.25) is 0 Å². The first kappa shape index (κ1) is 83.7. The Bertz CT molecular complexity index is 1660. The molecule has 0 aromatic carbocycles. The zero-order chi connectivity index (χ0) is 63.3. The number of hydrogen-bond donors (Lipinski definition) is 0. The number of rotatable bonds is 69. The molecule has 0 aliphatic carbocycles. The number of quaternary nitrogens is 1. The Kier molecular flexibility index (Phi) is 66.1. The number of carboxylic acids is 1. The van der Waals surface area contributed by atoms with Crippen LogP contribution in [0.5, 0.6) is 0 Å². The van der Waals surface area contributed by atoms with Crippen molar-refractivity contribution in [1.29, 1.82) is 0 Å². The van der Waals surface area contributed by atoms with Crippen molar-refractivity contribution in [3.8, 4) is 0 Å². The number of ether oxygens (including phenoxy) is 4. The summed E-state index contributed by atoms with van der Waals surface area (Å²) >= 11 is 0. The summed E-state index contributed by atoms with van der Waals surface area (Å²) in [5, 5.41) is 11.8. The number of nitrogens with zero attached hydrogens (tertiary/aromatic N) is 1. The highest BCUT2D eigenvalue weighted by Gasteiger charge is 2.22. The number of carbonyl (C=O) groups excluding carboxylic acids is 3. The van der Waals surface area contributed by atoms with Crippen LogP contribution in [0, 0.1) is 0 Å². The SMILES string of the molecule is CC/C=C\C/C=C\C/C=C\C/C=C\CCCCCCCCCCCCCCCCCCCCC(=O)OC(COC(=O)CCCCCCCCCCCCCCCCCCCCC/C=C\C/C=C\CCCCCCC)COC(OCC[N+](C)(C)C)C(=O)[O-]. The predicted molar refractivity (Wildman–Crippen MR) is 371 cm³/mol. The van der Waals surface area contributed by atoms with E-state index in [2.05, 4.69) is 86.8 Å². The second kappa shape index (κ2) is 68.6. The molecule has 506 valence electrons. The van der Waals surface area contributed by atoms with E-state index >= 15 is 0 Å². The van der Waals surface area contributed by atoms with Gasteiger partial charge in [-0.2, -0.15) is 0 Å². The molecule has 0 saturated heterocycles. The van der Waals surface area contributed by atoms with Crippen molar-refractivity contribution in [3.63, 3.8) is 0 Å². The van der Waals surface area contributed by atoms with Crippen LogP contribution in [0.3, 0.4) is 0 Å². The van der Waals surface area contributed by atoms with Crippen LogP contribution in [0.25, 0.3) is 0 Å². The molecule has 0 rings (SSSR count). The Morgan fingerprint density at radius 3 is 0.977 bits per heavy atom. The molecule has 2 unspecified atom stereocenters. The third-order valence-electron chi connectivity index (χ3n) is 16.4. The second-order valence-corrected chi connectivity index (χ2v) is 26.2. The Morgan fingerprint density at radius 2 is 0.655 bits per heavy atom. The standard InChI is InChI=1S/C78H141NO8/c1-6-8-10-12-14-16-18-20-22-24-26-28-30-32-34-36-38-40-42-44-46-48-50-52-54-56-58-60-62-64-66-68-75(80)85-72-74(73-86-78(77(82)83)84-71-70-79(3,4)5)87-76(81)69-67-65-63-61-59-57-55-53-51-49-47-45-43-41-39-37-35-33-31-29-27-25-23-21-19-17-15-13-11-9-7-2/h9,11,15,17-18,20-21,23-24,26-27,29,74,78H,6-8,10,12-14,16,19,22,25,28,30-73H2,1-5H3/b11-9-,17-15-,20-18-,23-21-,26-24-,29-27-. The Hall–Kier alpha value is -3.27. The molecule has 0 aromatic heterocycles. The maximum absolute atomic E-state index is 13.0. The van der Waals surface area contributed by atoms with Crippen LogP contribution in [0.4, 0.5) is 0 Å². The molecule has 0 N–H and O–H groups in total. The summed E-state index contributed by atoms with van der Waals surface area (Å²) in [4.78, 5) is 37.5. The number of esters is 2. The Labute approximate surface area is 538 Å². The van der Waals surface area contributed by atoms with E-state index in [0.29, 0.717) is 23.9 Å². The molecule has 87 heavy (non-hydrogen) atoms. The van der Waals surface area contributed by atoms with Gasteiger partial charge < -0.3 is 33.3 Å². The lowest BCUT2D eigenvalue weighted by Crippen LogP contribution is -2.44. The van der Waals surface area contributed by atoms with Crippen LogP contribution >= 0.6 is 0 Å². The second-order valence-electron chi connectivity index (χ2n) is 26.2. The van der Waals surface area contributed by atoms with Crippen molar-refractivity contribution in [1.82, 2.24) is 0 Å². The normalized spacial score (nSPS) is 13.1. The van der Waals surface area contributed by atoms with Crippen LogP contribution in [0.15, 0.2) is 72.9 Å². The number of unbranched alkanes of at least 4 members (excludes halogenated alkanes) is 42. The molecular weight excluding hydrogens is 1080 g/mol. The highest BCUT2D eigenvalue weighted by molar-refractivity contribution is 5.70. The summed E-state index contributed by atoms with van der Waals surface area (Å²) in [6.07, 6.45) is 88.6. The molecule has 0 heterocycles. The summed E-state index contributed by atoms with van der Waals surface area (Å²) < 4.78 is 22.8. The van der Waals surface area contributed by atoms with Gasteiger partial charge in [0, 0.05) is 12.8 Å². The molecule has 0 bridgehead atoms. The van der Waals surface area contributed by atoms with Crippen molar-refractivity contribution >= 4 is 17.9 Å². The molecule has 0 spiro atoms. The minimum absolute atomic E-state index is 0.148. The van der Waals surface area contributed by atoms with E-state index in [0.717, 1.165) is 64.2 Å². The van der Waals surface area contributed by atoms with Crippen LogP contribution < -0.4 is 5.11 Å². The van der Waals surface area contributed by atoms with Gasteiger partial charge in [0.05, 0.1) is 40.3 Å². The lowest BCUT2D eigenvalue weighted by atomic mass is 10.0. The third kappa shape index (κ3) is 70.1. The van der Waals surface area contributed by atoms with Gasteiger partial charge in [0.1, 0.15) is 13.2 Å². The van der Waals surface area contributed by atoms with Crippen molar-refractivity contribution in [2.75, 3.05) is 47.5 Å². The molecule has 9 heteroatoms. The zero-order valence-corrected chi connectivity index (χ0v) is 57.9. The van der Waals surface area contributed by atoms with E-state index in [1.165, 1.54) is 250 Å². The van der Waals surface area contributed by atoms with E-state index in [1.54, 1.807) is 0 Å². The number of aliphatic carboxylic acids is 1. The van der Waals surface area contributed by atoms with Gasteiger partial charge in [-0.25, -0.2) is 0 Å². The predicted octanol–water partition coefficient (Wildman–Crippen LogP) is 21.9. The molecule has 2 atom stereocenters. The van der Waals surface area contributed by atoms with E-state index in [4.69, 9.17) is 18.9 Å². The molecule has 0 fully saturated rings. The summed E-state index contributed by atoms with van der Waals surface area (Å²) in [7, 11) is 5.94. The smallest absolute Gasteiger partial charge is 0.306 e. The summed E-state index contributed by atoms with van der Waals surface area (Å²) in [5.41, 5.74) is 0. The Morgan fingerprint density at radius 1 is 0.356 bits per heavy atom. The maximum Gasteiger partial charge on any atom is 0.306 e. The monoisotopic (exact) mass is 1220 g/mol. The van der Waals surface area contributed by atoms with Gasteiger partial charge in [0.25, 0.3) is 0 Å². The molecule has 0 aromatic rings. The number of likely N-dealkylation sites (N-methyl/N-ethyl adjacent to an activating group) is 1. The van der Waals surface area contributed by atoms with Crippen LogP contribution in [-0.2, 0) is 33.3 Å². The van der Waals surface area contributed by atoms with Crippen molar-refractivity contribution in [3.05, 3.63) is 72.9 Å². The first-order valence-electron chi connectivity index (χ1n) is 37.1. The first-order chi connectivity index (χ1) is 42.6. The average molecular weight is 1220 g/mol. The van der Waals surface area contributed by atoms with Gasteiger partial charge in [-0.05, 0) is 83.5 Å². The molecule has 0 saturated carbocycles. The quantitative estimate of drug-likeness (QED) is 0.0195. The fourth-order valence-corrected chi connectivity index (χ4v) is 10.8. The number of carbonyl (C=O) groups is 3. The maximum atomic E-state index is 13.0. The van der Waals surface area contributed by atoms with Gasteiger partial charge in [-0.1, -0.05) is 324 Å². The molecule has 0 aliphatic rings. The number of allylic oxidation sites excluding steroid dienone is 12. The Balaban J connectivity index is 4.04. The minimum atomic E-state index is -1.62. The van der Waals surface area contributed by atoms with Crippen molar-refractivity contribution < 1.29 is 42.9 Å². The fraction of sp³-hybridized carbons (Fsp3) is 0.808. The number of carboxylic acid groups (broad SMARTS) is 1. The van der Waals surface area contributed by atoms with Crippen LogP contribution in [-0.4, -0.2) is 82.3 Å². The summed E-state index contributed by atoms with van der Waals surface area (Å²) in [6.45, 7) is 4.68. The molecule has 9 nitrogen and oxygen atoms in total. The lowest BCUT2D eigenvalue weighted by molar-refractivity contribution is -0.870. The van der Waals surface area contributed by atoms with Gasteiger partial charge in [-0.3, -0.25) is 9.59 Å². The van der Waals surface area contributed by atoms with Crippen LogP contribution in [0.1, 0.15) is 348 Å². The largest absolute Gasteiger partial charge is 0.545 e. The van der Waals surface area contributed by atoms with E-state index in [-0.39, 0.29) is 32.2 Å². The van der Waals surface area contributed by atoms with E-state index in [1.807, 2.05) is 21.1 Å². The van der Waals surface area contributed by atoms with Crippen molar-refractivity contribution in [2.45, 2.75) is 360 Å². The summed E-state index contributed by atoms with van der Waals surface area (Å²) in [5.74, 6) is -2.26. The molecule has 0 amide bonds. The third-order valence-corrected chi connectivity index (χ3v) is 16.4. The van der Waals surface area contributed by atoms with E-state index in [9.17, 15) is 19.5 Å². The number of hydrogen-bond acceptors (Lipinski definition) is 8. The zero-order valence-electron chi connectivity index (χ0n) is 57.9. The van der Waals surface area contributed by atoms with Gasteiger partial charge >= 0.3 is 11.9 Å².